The maximum Gasteiger partial charge on any atom is 0.422 e. The van der Waals surface area contributed by atoms with E-state index in [4.69, 9.17) is 9.84 Å². The van der Waals surface area contributed by atoms with Crippen LogP contribution in [0.4, 0.5) is 13.2 Å². The molecule has 1 N–H and O–H groups in total. The van der Waals surface area contributed by atoms with Crippen molar-refractivity contribution >= 4 is 28.0 Å². The van der Waals surface area contributed by atoms with Crippen molar-refractivity contribution in [2.45, 2.75) is 6.18 Å². The molecule has 0 aromatic heterocycles. The summed E-state index contributed by atoms with van der Waals surface area (Å²) in [6, 6.07) is 2.80. The van der Waals surface area contributed by atoms with Gasteiger partial charge in [0.15, 0.2) is 18.1 Å². The predicted molar refractivity (Wildman–Crippen MR) is 68.9 cm³/mol. The fraction of sp³-hybridized carbons (Fsp3) is 0.250. The van der Waals surface area contributed by atoms with Crippen LogP contribution in [0, 0.1) is 0 Å². The van der Waals surface area contributed by atoms with Crippen molar-refractivity contribution < 1.29 is 32.5 Å². The molecule has 0 saturated heterocycles. The number of carbonyl (C=O) groups is 1. The lowest BCUT2D eigenvalue weighted by Crippen LogP contribution is -2.19. The first kappa shape index (κ1) is 16.4. The van der Waals surface area contributed by atoms with E-state index in [0.29, 0.717) is 5.56 Å². The molecule has 0 atom stereocenters. The molecule has 8 heteroatoms. The second kappa shape index (κ2) is 6.65. The maximum absolute atomic E-state index is 12.1. The minimum atomic E-state index is -4.47. The molecular weight excluding hydrogens is 345 g/mol. The van der Waals surface area contributed by atoms with Crippen LogP contribution in [0.3, 0.4) is 0 Å². The molecule has 0 amide bonds. The molecule has 0 aliphatic rings. The van der Waals surface area contributed by atoms with Crippen molar-refractivity contribution in [2.75, 3.05) is 13.7 Å². The van der Waals surface area contributed by atoms with Crippen molar-refractivity contribution in [3.63, 3.8) is 0 Å². The molecule has 110 valence electrons. The summed E-state index contributed by atoms with van der Waals surface area (Å²) in [4.78, 5) is 10.4. The molecule has 0 bridgehead atoms. The Bertz CT molecular complexity index is 526. The van der Waals surface area contributed by atoms with Gasteiger partial charge in [0.1, 0.15) is 0 Å². The molecule has 1 aromatic carbocycles. The second-order valence-corrected chi connectivity index (χ2v) is 4.46. The van der Waals surface area contributed by atoms with Crippen LogP contribution in [0.25, 0.3) is 6.08 Å². The minimum Gasteiger partial charge on any atom is -0.493 e. The van der Waals surface area contributed by atoms with E-state index in [1.807, 2.05) is 0 Å². The Morgan fingerprint density at radius 1 is 1.45 bits per heavy atom. The molecule has 20 heavy (non-hydrogen) atoms. The Balaban J connectivity index is 3.05. The molecule has 0 fully saturated rings. The number of carboxylic acid groups (broad SMARTS) is 1. The monoisotopic (exact) mass is 354 g/mol. The van der Waals surface area contributed by atoms with Gasteiger partial charge in [-0.15, -0.1) is 0 Å². The van der Waals surface area contributed by atoms with Crippen LogP contribution < -0.4 is 9.47 Å². The average molecular weight is 355 g/mol. The van der Waals surface area contributed by atoms with E-state index in [1.165, 1.54) is 25.3 Å². The van der Waals surface area contributed by atoms with Crippen LogP contribution >= 0.6 is 15.9 Å². The molecule has 0 saturated carbocycles. The molecule has 4 nitrogen and oxygen atoms in total. The first-order chi connectivity index (χ1) is 9.23. The van der Waals surface area contributed by atoms with Crippen molar-refractivity contribution in [2.24, 2.45) is 0 Å². The van der Waals surface area contributed by atoms with Crippen LogP contribution in [0.1, 0.15) is 5.56 Å². The Morgan fingerprint density at radius 2 is 2.10 bits per heavy atom. The number of halogens is 4. The number of hydrogen-bond donors (Lipinski definition) is 1. The number of ether oxygens (including phenoxy) is 2. The fourth-order valence-electron chi connectivity index (χ4n) is 1.30. The summed E-state index contributed by atoms with van der Waals surface area (Å²) in [6.07, 6.45) is -2.28. The van der Waals surface area contributed by atoms with Gasteiger partial charge in [-0.05, 0) is 39.7 Å². The summed E-state index contributed by atoms with van der Waals surface area (Å²) in [5, 5.41) is 8.52. The summed E-state index contributed by atoms with van der Waals surface area (Å²) in [6.45, 7) is -1.45. The number of alkyl halides is 3. The Hall–Kier alpha value is -1.70. The van der Waals surface area contributed by atoms with Crippen LogP contribution in [-0.2, 0) is 4.79 Å². The van der Waals surface area contributed by atoms with Crippen molar-refractivity contribution in [3.05, 3.63) is 28.2 Å². The highest BCUT2D eigenvalue weighted by Gasteiger charge is 2.29. The fourth-order valence-corrected chi connectivity index (χ4v) is 1.87. The van der Waals surface area contributed by atoms with Crippen LogP contribution in [0.5, 0.6) is 11.5 Å². The molecule has 0 aliphatic heterocycles. The lowest BCUT2D eigenvalue weighted by atomic mass is 10.2. The van der Waals surface area contributed by atoms with Gasteiger partial charge in [0.05, 0.1) is 11.6 Å². The molecule has 0 spiro atoms. The number of carboxylic acids is 1. The van der Waals surface area contributed by atoms with Gasteiger partial charge >= 0.3 is 12.1 Å². The standard InChI is InChI=1S/C12H10BrF3O4/c1-19-9-5-7(2-3-10(17)18)4-8(13)11(9)20-6-12(14,15)16/h2-5H,6H2,1H3,(H,17,18)/b3-2+. The lowest BCUT2D eigenvalue weighted by molar-refractivity contribution is -0.153. The smallest absolute Gasteiger partial charge is 0.422 e. The molecule has 0 radical (unpaired) electrons. The number of methoxy groups -OCH3 is 1. The highest BCUT2D eigenvalue weighted by molar-refractivity contribution is 9.10. The number of rotatable bonds is 5. The zero-order valence-corrected chi connectivity index (χ0v) is 11.8. The van der Waals surface area contributed by atoms with Gasteiger partial charge in [-0.1, -0.05) is 0 Å². The third-order valence-corrected chi connectivity index (χ3v) is 2.64. The van der Waals surface area contributed by atoms with Gasteiger partial charge in [0.25, 0.3) is 0 Å². The van der Waals surface area contributed by atoms with Crippen molar-refractivity contribution in [3.8, 4) is 11.5 Å². The zero-order chi connectivity index (χ0) is 15.3. The Labute approximate surface area is 120 Å². The summed E-state index contributed by atoms with van der Waals surface area (Å²) in [7, 11) is 1.27. The van der Waals surface area contributed by atoms with Gasteiger partial charge in [0, 0.05) is 6.08 Å². The topological polar surface area (TPSA) is 55.8 Å². The van der Waals surface area contributed by atoms with E-state index in [1.54, 1.807) is 0 Å². The Morgan fingerprint density at radius 3 is 2.60 bits per heavy atom. The summed E-state index contributed by atoms with van der Waals surface area (Å²) in [5.74, 6) is -1.18. The van der Waals surface area contributed by atoms with E-state index >= 15 is 0 Å². The van der Waals surface area contributed by atoms with Gasteiger partial charge in [-0.2, -0.15) is 13.2 Å². The molecule has 0 heterocycles. The summed E-state index contributed by atoms with van der Waals surface area (Å²) in [5.41, 5.74) is 0.440. The number of benzene rings is 1. The molecule has 1 aromatic rings. The predicted octanol–water partition coefficient (Wildman–Crippen LogP) is 3.50. The van der Waals surface area contributed by atoms with E-state index in [0.717, 1.165) is 6.08 Å². The number of hydrogen-bond acceptors (Lipinski definition) is 3. The van der Waals surface area contributed by atoms with Gasteiger partial charge in [-0.3, -0.25) is 0 Å². The maximum atomic E-state index is 12.1. The van der Waals surface area contributed by atoms with E-state index in [2.05, 4.69) is 20.7 Å². The quantitative estimate of drug-likeness (QED) is 0.822. The summed E-state index contributed by atoms with van der Waals surface area (Å²) >= 11 is 3.06. The van der Waals surface area contributed by atoms with E-state index in [-0.39, 0.29) is 16.0 Å². The van der Waals surface area contributed by atoms with Gasteiger partial charge in [-0.25, -0.2) is 4.79 Å². The van der Waals surface area contributed by atoms with Crippen LogP contribution in [0.2, 0.25) is 0 Å². The second-order valence-electron chi connectivity index (χ2n) is 3.61. The molecule has 0 unspecified atom stereocenters. The molecule has 0 aliphatic carbocycles. The first-order valence-corrected chi connectivity index (χ1v) is 6.00. The third kappa shape index (κ3) is 5.12. The van der Waals surface area contributed by atoms with E-state index in [9.17, 15) is 18.0 Å². The van der Waals surface area contributed by atoms with Crippen LogP contribution in [0.15, 0.2) is 22.7 Å². The average Bonchev–Trinajstić information content (AvgIpc) is 2.33. The van der Waals surface area contributed by atoms with E-state index < -0.39 is 18.8 Å². The normalized spacial score (nSPS) is 11.7. The van der Waals surface area contributed by atoms with Crippen LogP contribution in [-0.4, -0.2) is 31.0 Å². The van der Waals surface area contributed by atoms with Gasteiger partial charge in [0.2, 0.25) is 0 Å². The highest BCUT2D eigenvalue weighted by atomic mass is 79.9. The first-order valence-electron chi connectivity index (χ1n) is 5.21. The molecular formula is C12H10BrF3O4. The SMILES string of the molecule is COc1cc(/C=C/C(=O)O)cc(Br)c1OCC(F)(F)F. The van der Waals surface area contributed by atoms with Gasteiger partial charge < -0.3 is 14.6 Å². The minimum absolute atomic E-state index is 0.0636. The van der Waals surface area contributed by atoms with Crippen molar-refractivity contribution in [1.82, 2.24) is 0 Å². The zero-order valence-electron chi connectivity index (χ0n) is 10.2. The Kier molecular flexibility index (Phi) is 5.43. The molecule has 1 rings (SSSR count). The summed E-state index contributed by atoms with van der Waals surface area (Å²) < 4.78 is 46.2. The highest BCUT2D eigenvalue weighted by Crippen LogP contribution is 2.37. The largest absolute Gasteiger partial charge is 0.493 e. The lowest BCUT2D eigenvalue weighted by Gasteiger charge is -2.14. The number of aliphatic carboxylic acids is 1. The third-order valence-electron chi connectivity index (χ3n) is 2.05. The van der Waals surface area contributed by atoms with Crippen molar-refractivity contribution in [1.29, 1.82) is 0 Å².